The largest absolute Gasteiger partial charge is 0.454 e. The number of carbonyl (C=O) groups is 2. The fraction of sp³-hybridized carbons (Fsp3) is 0.227. The van der Waals surface area contributed by atoms with Gasteiger partial charge in [-0.15, -0.1) is 0 Å². The molecular formula is C22H16N3O4+. The minimum Gasteiger partial charge on any atom is -0.454 e. The second-order valence-electron chi connectivity index (χ2n) is 7.65. The number of ether oxygens (including phenoxy) is 2. The first-order valence-corrected chi connectivity index (χ1v) is 9.50. The Hall–Kier alpha value is -3.63. The number of imide groups is 1. The molecule has 2 aromatic rings. The molecule has 1 N–H and O–H groups in total. The molecule has 2 fully saturated rings. The molecule has 0 bridgehead atoms. The SMILES string of the molecule is N#C[C@@H]1[C@@H]2C(=O)N(c3ccc4c(c3)OCO4)C(=O)[C@@H]2[C@@H]2c3ccccc3C=C[NH+]12. The smallest absolute Gasteiger partial charge is 0.245 e. The maximum atomic E-state index is 13.5. The lowest BCUT2D eigenvalue weighted by Gasteiger charge is -2.28. The fourth-order valence-electron chi connectivity index (χ4n) is 5.17. The predicted molar refractivity (Wildman–Crippen MR) is 101 cm³/mol. The summed E-state index contributed by atoms with van der Waals surface area (Å²) in [6.45, 7) is 0.117. The van der Waals surface area contributed by atoms with E-state index in [1.807, 2.05) is 36.5 Å². The molecule has 4 aliphatic rings. The van der Waals surface area contributed by atoms with Crippen molar-refractivity contribution in [1.82, 2.24) is 0 Å². The number of carbonyl (C=O) groups excluding carboxylic acids is 2. The van der Waals surface area contributed by atoms with E-state index in [4.69, 9.17) is 9.47 Å². The third kappa shape index (κ3) is 2.04. The molecule has 0 saturated carbocycles. The molecule has 0 aromatic heterocycles. The molecule has 4 heterocycles. The second-order valence-corrected chi connectivity index (χ2v) is 7.65. The number of nitrogens with one attached hydrogen (secondary N) is 1. The van der Waals surface area contributed by atoms with Crippen molar-refractivity contribution in [3.63, 3.8) is 0 Å². The van der Waals surface area contributed by atoms with E-state index in [0.29, 0.717) is 17.2 Å². The lowest BCUT2D eigenvalue weighted by Crippen LogP contribution is -3.10. The van der Waals surface area contributed by atoms with E-state index < -0.39 is 17.9 Å². The molecule has 4 aliphatic heterocycles. The average molecular weight is 386 g/mol. The third-order valence-corrected chi connectivity index (χ3v) is 6.37. The lowest BCUT2D eigenvalue weighted by molar-refractivity contribution is -0.885. The number of benzene rings is 2. The van der Waals surface area contributed by atoms with E-state index in [2.05, 4.69) is 6.07 Å². The molecule has 6 rings (SSSR count). The summed E-state index contributed by atoms with van der Waals surface area (Å²) in [6.07, 6.45) is 3.89. The molecule has 0 spiro atoms. The first kappa shape index (κ1) is 16.3. The number of quaternary nitrogens is 1. The summed E-state index contributed by atoms with van der Waals surface area (Å²) in [4.78, 5) is 29.0. The maximum absolute atomic E-state index is 13.5. The molecule has 0 radical (unpaired) electrons. The number of hydrogen-bond acceptors (Lipinski definition) is 5. The van der Waals surface area contributed by atoms with Crippen LogP contribution in [0.2, 0.25) is 0 Å². The second kappa shape index (κ2) is 5.69. The Bertz CT molecular complexity index is 1150. The van der Waals surface area contributed by atoms with Crippen LogP contribution in [-0.2, 0) is 9.59 Å². The topological polar surface area (TPSA) is 84.1 Å². The number of fused-ring (bicyclic) bond motifs is 6. The Morgan fingerprint density at radius 2 is 1.83 bits per heavy atom. The van der Waals surface area contributed by atoms with Crippen molar-refractivity contribution in [3.8, 4) is 17.6 Å². The number of nitrogens with zero attached hydrogens (tertiary/aromatic N) is 2. The summed E-state index contributed by atoms with van der Waals surface area (Å²) in [7, 11) is 0. The van der Waals surface area contributed by atoms with E-state index in [9.17, 15) is 14.9 Å². The number of anilines is 1. The van der Waals surface area contributed by atoms with Gasteiger partial charge in [0.1, 0.15) is 23.9 Å². The number of hydrogen-bond donors (Lipinski definition) is 1. The highest BCUT2D eigenvalue weighted by atomic mass is 16.7. The Labute approximate surface area is 166 Å². The van der Waals surface area contributed by atoms with Gasteiger partial charge in [0.05, 0.1) is 11.9 Å². The van der Waals surface area contributed by atoms with Crippen LogP contribution in [-0.4, -0.2) is 24.6 Å². The molecule has 2 aromatic carbocycles. The van der Waals surface area contributed by atoms with Gasteiger partial charge in [0.2, 0.25) is 18.6 Å². The van der Waals surface area contributed by atoms with Crippen LogP contribution in [0, 0.1) is 23.2 Å². The number of nitriles is 1. The van der Waals surface area contributed by atoms with Gasteiger partial charge in [-0.2, -0.15) is 5.26 Å². The van der Waals surface area contributed by atoms with Gasteiger partial charge in [-0.05, 0) is 23.8 Å². The molecule has 7 heteroatoms. The van der Waals surface area contributed by atoms with Gasteiger partial charge in [-0.3, -0.25) is 14.5 Å². The first-order chi connectivity index (χ1) is 14.2. The van der Waals surface area contributed by atoms with Crippen molar-refractivity contribution >= 4 is 23.6 Å². The summed E-state index contributed by atoms with van der Waals surface area (Å²) in [5.74, 6) is -0.727. The molecule has 5 atom stereocenters. The van der Waals surface area contributed by atoms with Gasteiger partial charge >= 0.3 is 0 Å². The van der Waals surface area contributed by atoms with E-state index >= 15 is 0 Å². The minimum atomic E-state index is -0.672. The summed E-state index contributed by atoms with van der Waals surface area (Å²) < 4.78 is 10.7. The van der Waals surface area contributed by atoms with E-state index in [1.165, 1.54) is 4.90 Å². The maximum Gasteiger partial charge on any atom is 0.245 e. The monoisotopic (exact) mass is 386 g/mol. The van der Waals surface area contributed by atoms with Crippen molar-refractivity contribution in [2.75, 3.05) is 11.7 Å². The standard InChI is InChI=1S/C22H15N3O4/c23-10-15-18-19(20-14-4-2-1-3-12(14)7-8-24(15)20)22(27)25(21(18)26)13-5-6-16-17(9-13)29-11-28-16/h1-9,15,18-20H,11H2/p+1/t15-,18+,19+,20+/m1/s1. The summed E-state index contributed by atoms with van der Waals surface area (Å²) in [5.41, 5.74) is 2.49. The Kier molecular flexibility index (Phi) is 3.20. The first-order valence-electron chi connectivity index (χ1n) is 9.50. The van der Waals surface area contributed by atoms with Crippen molar-refractivity contribution in [3.05, 3.63) is 59.8 Å². The van der Waals surface area contributed by atoms with E-state index in [1.54, 1.807) is 18.2 Å². The van der Waals surface area contributed by atoms with Crippen molar-refractivity contribution < 1.29 is 24.0 Å². The zero-order valence-electron chi connectivity index (χ0n) is 15.2. The highest BCUT2D eigenvalue weighted by Gasteiger charge is 2.66. The zero-order valence-corrected chi connectivity index (χ0v) is 15.2. The van der Waals surface area contributed by atoms with Crippen LogP contribution in [0.3, 0.4) is 0 Å². The molecule has 29 heavy (non-hydrogen) atoms. The van der Waals surface area contributed by atoms with Crippen LogP contribution >= 0.6 is 0 Å². The fourth-order valence-corrected chi connectivity index (χ4v) is 5.17. The molecule has 2 saturated heterocycles. The van der Waals surface area contributed by atoms with Crippen LogP contribution in [0.5, 0.6) is 11.5 Å². The van der Waals surface area contributed by atoms with Crippen molar-refractivity contribution in [2.24, 2.45) is 11.8 Å². The highest BCUT2D eigenvalue weighted by molar-refractivity contribution is 6.23. The zero-order chi connectivity index (χ0) is 19.7. The molecule has 7 nitrogen and oxygen atoms in total. The van der Waals surface area contributed by atoms with Crippen molar-refractivity contribution in [1.29, 1.82) is 5.26 Å². The van der Waals surface area contributed by atoms with E-state index in [0.717, 1.165) is 16.0 Å². The molecule has 2 amide bonds. The molecule has 142 valence electrons. The number of amides is 2. The lowest BCUT2D eigenvalue weighted by atomic mass is 9.85. The van der Waals surface area contributed by atoms with Gasteiger partial charge in [0.15, 0.2) is 17.5 Å². The molecule has 1 unspecified atom stereocenters. The van der Waals surface area contributed by atoms with Crippen LogP contribution in [0.25, 0.3) is 6.08 Å². The van der Waals surface area contributed by atoms with E-state index in [-0.39, 0.29) is 24.6 Å². The van der Waals surface area contributed by atoms with Gasteiger partial charge in [-0.25, -0.2) is 4.90 Å². The van der Waals surface area contributed by atoms with Crippen LogP contribution < -0.4 is 19.3 Å². The molecule has 0 aliphatic carbocycles. The number of rotatable bonds is 1. The quantitative estimate of drug-likeness (QED) is 0.741. The minimum absolute atomic E-state index is 0.117. The molecular weight excluding hydrogens is 370 g/mol. The van der Waals surface area contributed by atoms with Gasteiger partial charge in [-0.1, -0.05) is 24.3 Å². The average Bonchev–Trinajstić information content (AvgIpc) is 3.41. The Morgan fingerprint density at radius 1 is 1.03 bits per heavy atom. The van der Waals surface area contributed by atoms with Crippen molar-refractivity contribution in [2.45, 2.75) is 12.1 Å². The Balaban J connectivity index is 1.46. The predicted octanol–water partition coefficient (Wildman–Crippen LogP) is 1.04. The van der Waals surface area contributed by atoms with Gasteiger partial charge in [0, 0.05) is 11.6 Å². The van der Waals surface area contributed by atoms with Crippen LogP contribution in [0.4, 0.5) is 5.69 Å². The third-order valence-electron chi connectivity index (χ3n) is 6.37. The Morgan fingerprint density at radius 3 is 2.69 bits per heavy atom. The summed E-state index contributed by atoms with van der Waals surface area (Å²) >= 11 is 0. The van der Waals surface area contributed by atoms with Crippen LogP contribution in [0.1, 0.15) is 17.2 Å². The van der Waals surface area contributed by atoms with Gasteiger partial charge < -0.3 is 9.47 Å². The van der Waals surface area contributed by atoms with Crippen LogP contribution in [0.15, 0.2) is 48.7 Å². The normalized spacial score (nSPS) is 30.7. The summed E-state index contributed by atoms with van der Waals surface area (Å²) in [5, 5.41) is 9.86. The van der Waals surface area contributed by atoms with Gasteiger partial charge in [0.25, 0.3) is 0 Å². The summed E-state index contributed by atoms with van der Waals surface area (Å²) in [6, 6.07) is 14.3. The highest BCUT2D eigenvalue weighted by Crippen LogP contribution is 2.45.